The highest BCUT2D eigenvalue weighted by Gasteiger charge is 1.95. The molecule has 0 atom stereocenters. The summed E-state index contributed by atoms with van der Waals surface area (Å²) >= 11 is 6.51. The molecular weight excluding hydrogens is 248 g/mol. The van der Waals surface area contributed by atoms with Gasteiger partial charge in [0.15, 0.2) is 0 Å². The van der Waals surface area contributed by atoms with E-state index in [1.165, 1.54) is 0 Å². The van der Waals surface area contributed by atoms with Gasteiger partial charge in [-0.3, -0.25) is 0 Å². The average Bonchev–Trinajstić information content (AvgIpc) is 1.80. The van der Waals surface area contributed by atoms with Gasteiger partial charge < -0.3 is 0 Å². The molecule has 1 rings (SSSR count). The highest BCUT2D eigenvalue weighted by Crippen LogP contribution is 2.18. The molecule has 0 bridgehead atoms. The third kappa shape index (κ3) is 1.72. The molecule has 0 amide bonds. The summed E-state index contributed by atoms with van der Waals surface area (Å²) < 4.78 is 1.68. The molecule has 1 aromatic heterocycles. The van der Waals surface area contributed by atoms with Crippen LogP contribution in [0.25, 0.3) is 0 Å². The molecule has 1 heterocycles. The van der Waals surface area contributed by atoms with Gasteiger partial charge in [-0.25, -0.2) is 9.97 Å². The zero-order valence-electron chi connectivity index (χ0n) is 4.73. The number of nitrogens with zero attached hydrogens (tertiary/aromatic N) is 2. The van der Waals surface area contributed by atoms with Crippen molar-refractivity contribution in [1.82, 2.24) is 9.97 Å². The maximum Gasteiger partial charge on any atom is 0.126 e. The maximum absolute atomic E-state index is 4.03. The van der Waals surface area contributed by atoms with E-state index in [4.69, 9.17) is 0 Å². The lowest BCUT2D eigenvalue weighted by molar-refractivity contribution is 1.02. The van der Waals surface area contributed by atoms with Crippen molar-refractivity contribution in [3.8, 4) is 0 Å². The highest BCUT2D eigenvalue weighted by molar-refractivity contribution is 9.13. The van der Waals surface area contributed by atoms with Crippen LogP contribution >= 0.6 is 31.9 Å². The molecule has 1 aromatic rings. The fourth-order valence-electron chi connectivity index (χ4n) is 0.428. The largest absolute Gasteiger partial charge is 0.240 e. The van der Waals surface area contributed by atoms with Gasteiger partial charge in [0, 0.05) is 6.20 Å². The van der Waals surface area contributed by atoms with Crippen LogP contribution in [-0.2, 0) is 0 Å². The van der Waals surface area contributed by atoms with Crippen molar-refractivity contribution in [2.24, 2.45) is 0 Å². The number of rotatable bonds is 0. The zero-order valence-corrected chi connectivity index (χ0v) is 7.90. The Hall–Kier alpha value is 0.0400. The van der Waals surface area contributed by atoms with Gasteiger partial charge in [0.05, 0.1) is 4.47 Å². The molecular formula is C5H4Br2N2. The van der Waals surface area contributed by atoms with Crippen LogP contribution in [0.4, 0.5) is 0 Å². The summed E-state index contributed by atoms with van der Waals surface area (Å²) in [4.78, 5) is 7.98. The number of hydrogen-bond donors (Lipinski definition) is 0. The Kier molecular flexibility index (Phi) is 2.18. The normalized spacial score (nSPS) is 9.67. The van der Waals surface area contributed by atoms with Gasteiger partial charge in [0.25, 0.3) is 0 Å². The van der Waals surface area contributed by atoms with Crippen molar-refractivity contribution in [2.45, 2.75) is 6.92 Å². The van der Waals surface area contributed by atoms with E-state index in [1.54, 1.807) is 6.20 Å². The second kappa shape index (κ2) is 2.75. The van der Waals surface area contributed by atoms with Crippen molar-refractivity contribution in [2.75, 3.05) is 0 Å². The van der Waals surface area contributed by atoms with Gasteiger partial charge in [-0.15, -0.1) is 0 Å². The van der Waals surface area contributed by atoms with Crippen molar-refractivity contribution in [1.29, 1.82) is 0 Å². The first kappa shape index (κ1) is 7.15. The summed E-state index contributed by atoms with van der Waals surface area (Å²) in [5, 5.41) is 0. The van der Waals surface area contributed by atoms with E-state index in [0.29, 0.717) is 0 Å². The van der Waals surface area contributed by atoms with Gasteiger partial charge in [0.2, 0.25) is 0 Å². The van der Waals surface area contributed by atoms with E-state index >= 15 is 0 Å². The predicted octanol–water partition coefficient (Wildman–Crippen LogP) is 2.31. The van der Waals surface area contributed by atoms with Gasteiger partial charge >= 0.3 is 0 Å². The molecule has 0 aromatic carbocycles. The fourth-order valence-corrected chi connectivity index (χ4v) is 0.978. The standard InChI is InChI=1S/C5H4Br2N2/c1-3-8-2-4(6)5(7)9-3/h2H,1H3. The first-order chi connectivity index (χ1) is 4.20. The van der Waals surface area contributed by atoms with Crippen LogP contribution in [0.3, 0.4) is 0 Å². The molecule has 0 saturated carbocycles. The first-order valence-corrected chi connectivity index (χ1v) is 3.93. The highest BCUT2D eigenvalue weighted by atomic mass is 79.9. The summed E-state index contributed by atoms with van der Waals surface area (Å²) in [5.41, 5.74) is 0. The molecule has 0 aliphatic heterocycles. The zero-order chi connectivity index (χ0) is 6.85. The van der Waals surface area contributed by atoms with E-state index in [1.807, 2.05) is 6.92 Å². The number of aryl methyl sites for hydroxylation is 1. The van der Waals surface area contributed by atoms with Gasteiger partial charge in [0.1, 0.15) is 10.4 Å². The molecule has 0 aliphatic carbocycles. The summed E-state index contributed by atoms with van der Waals surface area (Å²) in [6.45, 7) is 1.84. The minimum Gasteiger partial charge on any atom is -0.240 e. The summed E-state index contributed by atoms with van der Waals surface area (Å²) in [7, 11) is 0. The van der Waals surface area contributed by atoms with Crippen molar-refractivity contribution in [3.05, 3.63) is 21.1 Å². The summed E-state index contributed by atoms with van der Waals surface area (Å²) in [6, 6.07) is 0. The third-order valence-corrected chi connectivity index (χ3v) is 2.54. The van der Waals surface area contributed by atoms with E-state index in [0.717, 1.165) is 14.9 Å². The maximum atomic E-state index is 4.03. The Bertz CT molecular complexity index is 224. The summed E-state index contributed by atoms with van der Waals surface area (Å²) in [6.07, 6.45) is 1.71. The fraction of sp³-hybridized carbons (Fsp3) is 0.200. The monoisotopic (exact) mass is 250 g/mol. The van der Waals surface area contributed by atoms with Crippen LogP contribution in [0.1, 0.15) is 5.82 Å². The Balaban J connectivity index is 3.17. The molecule has 0 radical (unpaired) electrons. The van der Waals surface area contributed by atoms with Crippen LogP contribution in [0.5, 0.6) is 0 Å². The van der Waals surface area contributed by atoms with Crippen LogP contribution in [0.2, 0.25) is 0 Å². The summed E-state index contributed by atoms with van der Waals surface area (Å²) in [5.74, 6) is 0.769. The quantitative estimate of drug-likeness (QED) is 0.662. The van der Waals surface area contributed by atoms with E-state index in [9.17, 15) is 0 Å². The average molecular weight is 252 g/mol. The smallest absolute Gasteiger partial charge is 0.126 e. The Morgan fingerprint density at radius 1 is 1.44 bits per heavy atom. The molecule has 48 valence electrons. The predicted molar refractivity (Wildman–Crippen MR) is 42.2 cm³/mol. The second-order valence-corrected chi connectivity index (χ2v) is 3.16. The lowest BCUT2D eigenvalue weighted by atomic mass is 10.6. The number of halogens is 2. The lowest BCUT2D eigenvalue weighted by Crippen LogP contribution is -1.86. The van der Waals surface area contributed by atoms with Crippen LogP contribution in [0, 0.1) is 6.92 Å². The Morgan fingerprint density at radius 3 is 2.56 bits per heavy atom. The third-order valence-electron chi connectivity index (χ3n) is 0.822. The topological polar surface area (TPSA) is 25.8 Å². The molecule has 0 unspecified atom stereocenters. The van der Waals surface area contributed by atoms with Crippen LogP contribution < -0.4 is 0 Å². The minimum absolute atomic E-state index is 0.769. The first-order valence-electron chi connectivity index (χ1n) is 2.35. The molecule has 2 nitrogen and oxygen atoms in total. The van der Waals surface area contributed by atoms with E-state index < -0.39 is 0 Å². The van der Waals surface area contributed by atoms with Gasteiger partial charge in [-0.05, 0) is 38.8 Å². The number of hydrogen-bond acceptors (Lipinski definition) is 2. The Labute approximate surface area is 70.0 Å². The molecule has 4 heteroatoms. The molecule has 0 N–H and O–H groups in total. The van der Waals surface area contributed by atoms with E-state index in [2.05, 4.69) is 41.8 Å². The van der Waals surface area contributed by atoms with Crippen molar-refractivity contribution in [3.63, 3.8) is 0 Å². The minimum atomic E-state index is 0.769. The SMILES string of the molecule is Cc1ncc(Br)c(Br)n1. The van der Waals surface area contributed by atoms with E-state index in [-0.39, 0.29) is 0 Å². The van der Waals surface area contributed by atoms with Crippen LogP contribution in [-0.4, -0.2) is 9.97 Å². The molecule has 0 saturated heterocycles. The lowest BCUT2D eigenvalue weighted by Gasteiger charge is -1.93. The van der Waals surface area contributed by atoms with Crippen LogP contribution in [0.15, 0.2) is 15.3 Å². The van der Waals surface area contributed by atoms with Gasteiger partial charge in [-0.2, -0.15) is 0 Å². The molecule has 9 heavy (non-hydrogen) atoms. The molecule has 0 spiro atoms. The Morgan fingerprint density at radius 2 is 2.11 bits per heavy atom. The van der Waals surface area contributed by atoms with Gasteiger partial charge in [-0.1, -0.05) is 0 Å². The second-order valence-electron chi connectivity index (χ2n) is 1.56. The van der Waals surface area contributed by atoms with Crippen molar-refractivity contribution >= 4 is 31.9 Å². The molecule has 0 aliphatic rings. The number of aromatic nitrogens is 2. The molecule has 0 fully saturated rings. The van der Waals surface area contributed by atoms with Crippen molar-refractivity contribution < 1.29 is 0 Å².